The Morgan fingerprint density at radius 2 is 1.12 bits per heavy atom. The zero-order chi connectivity index (χ0) is 44.4. The van der Waals surface area contributed by atoms with Gasteiger partial charge in [-0.15, -0.1) is 0 Å². The molecule has 15 heteroatoms. The van der Waals surface area contributed by atoms with Crippen LogP contribution >= 0.6 is 7.82 Å². The number of hydrogen-bond acceptors (Lipinski definition) is 13. The summed E-state index contributed by atoms with van der Waals surface area (Å²) in [7, 11) is -5.15. The van der Waals surface area contributed by atoms with Crippen molar-refractivity contribution in [1.82, 2.24) is 0 Å². The van der Waals surface area contributed by atoms with Crippen molar-refractivity contribution in [2.75, 3.05) is 13.2 Å². The molecular formula is C45H77O14P. The first kappa shape index (κ1) is 55.5. The Hall–Kier alpha value is -2.49. The molecule has 3 unspecified atom stereocenters. The van der Waals surface area contributed by atoms with E-state index in [0.29, 0.717) is 32.1 Å². The summed E-state index contributed by atoms with van der Waals surface area (Å²) in [5.74, 6) is -1.22. The largest absolute Gasteiger partial charge is 0.472 e. The van der Waals surface area contributed by atoms with Crippen LogP contribution in [0.4, 0.5) is 0 Å². The number of rotatable bonds is 35. The second kappa shape index (κ2) is 35.0. The molecule has 1 aliphatic carbocycles. The number of aliphatic hydroxyl groups excluding tert-OH is 6. The van der Waals surface area contributed by atoms with Crippen molar-refractivity contribution in [2.24, 2.45) is 0 Å². The minimum Gasteiger partial charge on any atom is -0.462 e. The molecule has 0 saturated heterocycles. The predicted molar refractivity (Wildman–Crippen MR) is 232 cm³/mol. The number of hydrogen-bond donors (Lipinski definition) is 7. The third-order valence-corrected chi connectivity index (χ3v) is 10.9. The first-order chi connectivity index (χ1) is 28.8. The molecule has 0 bridgehead atoms. The van der Waals surface area contributed by atoms with Gasteiger partial charge in [0.05, 0.1) is 12.7 Å². The predicted octanol–water partition coefficient (Wildman–Crippen LogP) is 7.14. The Morgan fingerprint density at radius 1 is 0.600 bits per heavy atom. The van der Waals surface area contributed by atoms with Gasteiger partial charge in [0.1, 0.15) is 43.2 Å². The quantitative estimate of drug-likeness (QED) is 0.0110. The fourth-order valence-electron chi connectivity index (χ4n) is 6.24. The highest BCUT2D eigenvalue weighted by Gasteiger charge is 2.51. The van der Waals surface area contributed by atoms with E-state index in [4.69, 9.17) is 18.5 Å². The lowest BCUT2D eigenvalue weighted by Gasteiger charge is -2.41. The van der Waals surface area contributed by atoms with Gasteiger partial charge in [-0.25, -0.2) is 4.57 Å². The van der Waals surface area contributed by atoms with Crippen molar-refractivity contribution in [3.63, 3.8) is 0 Å². The number of unbranched alkanes of at least 4 members (excludes halogenated alkanes) is 13. The number of allylic oxidation sites excluding steroid dienone is 8. The monoisotopic (exact) mass is 873 g/mol. The molecule has 0 heterocycles. The lowest BCUT2D eigenvalue weighted by molar-refractivity contribution is -0.220. The maximum atomic E-state index is 12.8. The second-order valence-corrected chi connectivity index (χ2v) is 16.8. The molecule has 0 spiro atoms. The summed E-state index contributed by atoms with van der Waals surface area (Å²) in [6.45, 7) is 3.11. The third-order valence-electron chi connectivity index (χ3n) is 9.91. The van der Waals surface area contributed by atoms with Crippen LogP contribution in [0.2, 0.25) is 0 Å². The molecule has 0 aromatic carbocycles. The van der Waals surface area contributed by atoms with E-state index >= 15 is 0 Å². The Kier molecular flexibility index (Phi) is 32.4. The van der Waals surface area contributed by atoms with E-state index in [0.717, 1.165) is 44.9 Å². The summed E-state index contributed by atoms with van der Waals surface area (Å²) in [6, 6.07) is 0. The van der Waals surface area contributed by atoms with Gasteiger partial charge in [-0.3, -0.25) is 18.6 Å². The zero-order valence-corrected chi connectivity index (χ0v) is 37.0. The molecule has 60 heavy (non-hydrogen) atoms. The zero-order valence-electron chi connectivity index (χ0n) is 36.1. The minimum atomic E-state index is -5.15. The fourth-order valence-corrected chi connectivity index (χ4v) is 7.21. The number of ether oxygens (including phenoxy) is 2. The van der Waals surface area contributed by atoms with Gasteiger partial charge in [-0.1, -0.05) is 126 Å². The summed E-state index contributed by atoms with van der Waals surface area (Å²) in [4.78, 5) is 35.6. The molecule has 0 radical (unpaired) electrons. The highest BCUT2D eigenvalue weighted by Crippen LogP contribution is 2.47. The molecule has 0 aromatic heterocycles. The Labute approximate surface area is 358 Å². The van der Waals surface area contributed by atoms with Gasteiger partial charge in [0.15, 0.2) is 6.10 Å². The van der Waals surface area contributed by atoms with Crippen molar-refractivity contribution in [2.45, 2.75) is 198 Å². The van der Waals surface area contributed by atoms with Crippen LogP contribution in [0.3, 0.4) is 0 Å². The van der Waals surface area contributed by atoms with Crippen LogP contribution in [-0.4, -0.2) is 110 Å². The van der Waals surface area contributed by atoms with E-state index in [-0.39, 0.29) is 12.8 Å². The van der Waals surface area contributed by atoms with E-state index in [1.165, 1.54) is 44.9 Å². The molecule has 7 N–H and O–H groups in total. The normalized spacial score (nSPS) is 23.3. The Morgan fingerprint density at radius 3 is 1.80 bits per heavy atom. The molecular weight excluding hydrogens is 795 g/mol. The van der Waals surface area contributed by atoms with Crippen molar-refractivity contribution < 1.29 is 68.2 Å². The van der Waals surface area contributed by atoms with Gasteiger partial charge in [0.2, 0.25) is 0 Å². The summed E-state index contributed by atoms with van der Waals surface area (Å²) in [6.07, 6.45) is 24.5. The van der Waals surface area contributed by atoms with Gasteiger partial charge in [-0.05, 0) is 70.6 Å². The van der Waals surface area contributed by atoms with Crippen molar-refractivity contribution in [1.29, 1.82) is 0 Å². The molecule has 1 aliphatic rings. The highest BCUT2D eigenvalue weighted by molar-refractivity contribution is 7.47. The Balaban J connectivity index is 2.57. The average molecular weight is 873 g/mol. The van der Waals surface area contributed by atoms with Gasteiger partial charge >= 0.3 is 19.8 Å². The fraction of sp³-hybridized carbons (Fsp3) is 0.733. The first-order valence-electron chi connectivity index (χ1n) is 22.2. The van der Waals surface area contributed by atoms with Crippen molar-refractivity contribution >= 4 is 19.8 Å². The van der Waals surface area contributed by atoms with Crippen molar-refractivity contribution in [3.05, 3.63) is 60.8 Å². The molecule has 14 nitrogen and oxygen atoms in total. The van der Waals surface area contributed by atoms with Crippen LogP contribution < -0.4 is 0 Å². The summed E-state index contributed by atoms with van der Waals surface area (Å²) >= 11 is 0. The van der Waals surface area contributed by atoms with E-state index in [1.54, 1.807) is 6.08 Å². The number of carbonyl (C=O) groups excluding carboxylic acids is 2. The molecule has 346 valence electrons. The van der Waals surface area contributed by atoms with Crippen LogP contribution in [0.1, 0.15) is 149 Å². The number of phosphoric ester groups is 1. The summed E-state index contributed by atoms with van der Waals surface area (Å²) < 4.78 is 33.4. The lowest BCUT2D eigenvalue weighted by Crippen LogP contribution is -2.64. The SMILES string of the molecule is CCCCC/C=C\C=C/[C@H](O)C/C=C\C/C=C/CCCC(=O)O[C@H](COC(=O)CCCCCCC/C=C\CCCCCC)COP(=O)(O)OC1[C@H](O)[C@H](O)C(O)[C@H](O)[C@H]1O. The van der Waals surface area contributed by atoms with Gasteiger partial charge in [0, 0.05) is 12.8 Å². The topological polar surface area (TPSA) is 230 Å². The van der Waals surface area contributed by atoms with E-state index in [9.17, 15) is 49.7 Å². The molecule has 0 aliphatic heterocycles. The minimum absolute atomic E-state index is 0.0171. The van der Waals surface area contributed by atoms with E-state index < -0.39 is 81.8 Å². The maximum Gasteiger partial charge on any atom is 0.472 e. The Bertz CT molecular complexity index is 1300. The summed E-state index contributed by atoms with van der Waals surface area (Å²) in [5, 5.41) is 60.2. The molecule has 0 aromatic rings. The number of carbonyl (C=O) groups is 2. The third kappa shape index (κ3) is 27.5. The van der Waals surface area contributed by atoms with Crippen LogP contribution in [0, 0.1) is 0 Å². The molecule has 1 saturated carbocycles. The smallest absolute Gasteiger partial charge is 0.462 e. The number of esters is 2. The molecule has 1 fully saturated rings. The molecule has 1 rings (SSSR count). The van der Waals surface area contributed by atoms with Crippen LogP contribution in [-0.2, 0) is 32.7 Å². The summed E-state index contributed by atoms with van der Waals surface area (Å²) in [5.41, 5.74) is 0. The molecule has 0 amide bonds. The maximum absolute atomic E-state index is 12.8. The van der Waals surface area contributed by atoms with Crippen LogP contribution in [0.25, 0.3) is 0 Å². The molecule has 9 atom stereocenters. The van der Waals surface area contributed by atoms with E-state index in [1.807, 2.05) is 36.5 Å². The number of aliphatic hydroxyl groups is 6. The van der Waals surface area contributed by atoms with Crippen LogP contribution in [0.5, 0.6) is 0 Å². The van der Waals surface area contributed by atoms with Gasteiger partial charge in [0.25, 0.3) is 0 Å². The number of phosphoric acid groups is 1. The van der Waals surface area contributed by atoms with E-state index in [2.05, 4.69) is 32.1 Å². The average Bonchev–Trinajstić information content (AvgIpc) is 3.22. The van der Waals surface area contributed by atoms with Crippen LogP contribution in [0.15, 0.2) is 60.8 Å². The first-order valence-corrected chi connectivity index (χ1v) is 23.7. The van der Waals surface area contributed by atoms with Gasteiger partial charge < -0.3 is 45.0 Å². The lowest BCUT2D eigenvalue weighted by atomic mass is 9.85. The van der Waals surface area contributed by atoms with Gasteiger partial charge in [-0.2, -0.15) is 0 Å². The van der Waals surface area contributed by atoms with Crippen molar-refractivity contribution in [3.8, 4) is 0 Å². The highest BCUT2D eigenvalue weighted by atomic mass is 31.2. The second-order valence-electron chi connectivity index (χ2n) is 15.4. The standard InChI is InChI=1S/C45H77O14P/c1-3-5-7-9-11-12-13-14-15-16-20-24-28-32-38(47)56-34-37(35-57-60(54,55)59-45-43(52)41(50)40(49)42(51)44(45)53)58-39(48)33-29-25-21-17-19-23-27-31-36(46)30-26-22-18-10-8-6-4-2/h12-13,17-18,21-23,26-27,30,36-37,40-46,49-53H,3-11,14-16,19-20,24-25,28-29,31-35H2,1-2H3,(H,54,55)/b13-12-,21-17+,22-18-,27-23-,30-26-/t36-,37+,40?,41-,42+,43+,44+,45?/m0/s1.